The molecule has 0 bridgehead atoms. The molecule has 0 aromatic heterocycles. The summed E-state index contributed by atoms with van der Waals surface area (Å²) >= 11 is 0. The lowest BCUT2D eigenvalue weighted by Crippen LogP contribution is -2.39. The second-order valence-electron chi connectivity index (χ2n) is 5.96. The number of hydrogen-bond donors (Lipinski definition) is 1. The molecule has 0 aliphatic carbocycles. The van der Waals surface area contributed by atoms with Gasteiger partial charge in [0, 0.05) is 24.2 Å². The van der Waals surface area contributed by atoms with E-state index in [0.29, 0.717) is 29.8 Å². The molecule has 1 aliphatic rings. The predicted octanol–water partition coefficient (Wildman–Crippen LogP) is 3.57. The number of rotatable bonds is 2. The third-order valence-corrected chi connectivity index (χ3v) is 4.27. The molecule has 1 aliphatic heterocycles. The second kappa shape index (κ2) is 6.71. The van der Waals surface area contributed by atoms with Gasteiger partial charge in [-0.05, 0) is 48.7 Å². The first kappa shape index (κ1) is 16.0. The fourth-order valence-electron chi connectivity index (χ4n) is 3.01. The van der Waals surface area contributed by atoms with Gasteiger partial charge in [-0.25, -0.2) is 4.39 Å². The first-order valence-corrected chi connectivity index (χ1v) is 7.86. The smallest absolute Gasteiger partial charge is 0.253 e. The Bertz CT molecular complexity index is 813. The topological polar surface area (TPSA) is 64.3 Å². The van der Waals surface area contributed by atoms with Crippen LogP contribution in [0.1, 0.15) is 23.2 Å². The summed E-state index contributed by atoms with van der Waals surface area (Å²) in [5.74, 6) is -0.762. The lowest BCUT2D eigenvalue weighted by molar-refractivity contribution is 0.0699. The maximum absolute atomic E-state index is 13.4. The van der Waals surface area contributed by atoms with Crippen LogP contribution in [-0.4, -0.2) is 29.0 Å². The van der Waals surface area contributed by atoms with E-state index in [1.165, 1.54) is 18.2 Å². The van der Waals surface area contributed by atoms with Crippen molar-refractivity contribution < 1.29 is 14.3 Å². The molecule has 0 saturated carbocycles. The van der Waals surface area contributed by atoms with Gasteiger partial charge in [-0.2, -0.15) is 5.26 Å². The SMILES string of the molecule is N#CC1CCCN(C(=O)c2cccc(-c3cc(F)ccc3O)c2)C1. The lowest BCUT2D eigenvalue weighted by Gasteiger charge is -2.29. The van der Waals surface area contributed by atoms with Crippen LogP contribution >= 0.6 is 0 Å². The van der Waals surface area contributed by atoms with E-state index >= 15 is 0 Å². The number of likely N-dealkylation sites (tertiary alicyclic amines) is 1. The molecular formula is C19H17FN2O2. The normalized spacial score (nSPS) is 17.3. The van der Waals surface area contributed by atoms with E-state index in [1.807, 2.05) is 0 Å². The molecule has 1 N–H and O–H groups in total. The highest BCUT2D eigenvalue weighted by Gasteiger charge is 2.24. The molecule has 24 heavy (non-hydrogen) atoms. The van der Waals surface area contributed by atoms with Crippen LogP contribution in [0.4, 0.5) is 4.39 Å². The molecule has 1 fully saturated rings. The van der Waals surface area contributed by atoms with Crippen LogP contribution in [0.25, 0.3) is 11.1 Å². The molecule has 0 radical (unpaired) electrons. The van der Waals surface area contributed by atoms with Gasteiger partial charge in [0.1, 0.15) is 11.6 Å². The quantitative estimate of drug-likeness (QED) is 0.918. The Kier molecular flexibility index (Phi) is 4.48. The number of amides is 1. The van der Waals surface area contributed by atoms with Gasteiger partial charge in [0.25, 0.3) is 5.91 Å². The second-order valence-corrected chi connectivity index (χ2v) is 5.96. The van der Waals surface area contributed by atoms with Crippen LogP contribution in [0.3, 0.4) is 0 Å². The third-order valence-electron chi connectivity index (χ3n) is 4.27. The van der Waals surface area contributed by atoms with Crippen LogP contribution < -0.4 is 0 Å². The molecular weight excluding hydrogens is 307 g/mol. The van der Waals surface area contributed by atoms with Gasteiger partial charge < -0.3 is 10.0 Å². The number of phenols is 1. The molecule has 0 spiro atoms. The van der Waals surface area contributed by atoms with E-state index in [-0.39, 0.29) is 17.6 Å². The van der Waals surface area contributed by atoms with Crippen molar-refractivity contribution in [1.29, 1.82) is 5.26 Å². The summed E-state index contributed by atoms with van der Waals surface area (Å²) in [6, 6.07) is 12.7. The molecule has 1 heterocycles. The molecule has 1 saturated heterocycles. The first-order valence-electron chi connectivity index (χ1n) is 7.86. The van der Waals surface area contributed by atoms with Crippen LogP contribution in [0, 0.1) is 23.1 Å². The fourth-order valence-corrected chi connectivity index (χ4v) is 3.01. The number of carbonyl (C=O) groups is 1. The summed E-state index contributed by atoms with van der Waals surface area (Å²) < 4.78 is 13.4. The van der Waals surface area contributed by atoms with Crippen molar-refractivity contribution in [2.75, 3.05) is 13.1 Å². The van der Waals surface area contributed by atoms with Crippen LogP contribution in [-0.2, 0) is 0 Å². The molecule has 122 valence electrons. The highest BCUT2D eigenvalue weighted by atomic mass is 19.1. The monoisotopic (exact) mass is 324 g/mol. The number of carbonyl (C=O) groups excluding carboxylic acids is 1. The van der Waals surface area contributed by atoms with E-state index in [4.69, 9.17) is 5.26 Å². The lowest BCUT2D eigenvalue weighted by atomic mass is 9.98. The van der Waals surface area contributed by atoms with E-state index < -0.39 is 5.82 Å². The summed E-state index contributed by atoms with van der Waals surface area (Å²) in [5.41, 5.74) is 1.39. The summed E-state index contributed by atoms with van der Waals surface area (Å²) in [6.45, 7) is 1.07. The van der Waals surface area contributed by atoms with E-state index in [1.54, 1.807) is 29.2 Å². The number of benzene rings is 2. The maximum atomic E-state index is 13.4. The van der Waals surface area contributed by atoms with Gasteiger partial charge in [-0.1, -0.05) is 12.1 Å². The largest absolute Gasteiger partial charge is 0.507 e. The minimum Gasteiger partial charge on any atom is -0.507 e. The number of phenolic OH excluding ortho intramolecular Hbond substituents is 1. The van der Waals surface area contributed by atoms with E-state index in [2.05, 4.69) is 6.07 Å². The van der Waals surface area contributed by atoms with Crippen LogP contribution in [0.5, 0.6) is 5.75 Å². The Labute approximate surface area is 139 Å². The van der Waals surface area contributed by atoms with Crippen molar-refractivity contribution in [2.45, 2.75) is 12.8 Å². The highest BCUT2D eigenvalue weighted by molar-refractivity contribution is 5.95. The maximum Gasteiger partial charge on any atom is 0.253 e. The van der Waals surface area contributed by atoms with Gasteiger partial charge in [0.05, 0.1) is 12.0 Å². The van der Waals surface area contributed by atoms with Crippen molar-refractivity contribution in [3.63, 3.8) is 0 Å². The molecule has 2 aromatic rings. The molecule has 2 aromatic carbocycles. The minimum atomic E-state index is -0.451. The molecule has 3 rings (SSSR count). The Morgan fingerprint density at radius 3 is 2.92 bits per heavy atom. The van der Waals surface area contributed by atoms with Gasteiger partial charge in [-0.15, -0.1) is 0 Å². The van der Waals surface area contributed by atoms with Crippen molar-refractivity contribution in [3.8, 4) is 22.9 Å². The first-order chi connectivity index (χ1) is 11.6. The minimum absolute atomic E-state index is 0.0384. The predicted molar refractivity (Wildman–Crippen MR) is 87.7 cm³/mol. The van der Waals surface area contributed by atoms with E-state index in [0.717, 1.165) is 12.8 Å². The number of nitrogens with zero attached hydrogens (tertiary/aromatic N) is 2. The number of piperidine rings is 1. The summed E-state index contributed by atoms with van der Waals surface area (Å²) in [4.78, 5) is 14.4. The Hall–Kier alpha value is -2.87. The third kappa shape index (κ3) is 3.23. The number of hydrogen-bond acceptors (Lipinski definition) is 3. The van der Waals surface area contributed by atoms with Crippen LogP contribution in [0.2, 0.25) is 0 Å². The zero-order valence-corrected chi connectivity index (χ0v) is 13.1. The summed E-state index contributed by atoms with van der Waals surface area (Å²) in [5, 5.41) is 19.0. The number of halogens is 1. The van der Waals surface area contributed by atoms with Gasteiger partial charge in [-0.3, -0.25) is 4.79 Å². The molecule has 1 amide bonds. The summed E-state index contributed by atoms with van der Waals surface area (Å²) in [7, 11) is 0. The van der Waals surface area contributed by atoms with Crippen LogP contribution in [0.15, 0.2) is 42.5 Å². The van der Waals surface area contributed by atoms with Crippen molar-refractivity contribution >= 4 is 5.91 Å². The molecule has 1 unspecified atom stereocenters. The van der Waals surface area contributed by atoms with Crippen molar-refractivity contribution in [3.05, 3.63) is 53.8 Å². The van der Waals surface area contributed by atoms with Gasteiger partial charge >= 0.3 is 0 Å². The Morgan fingerprint density at radius 1 is 1.29 bits per heavy atom. The zero-order valence-electron chi connectivity index (χ0n) is 13.1. The average Bonchev–Trinajstić information content (AvgIpc) is 2.63. The Balaban J connectivity index is 1.89. The fraction of sp³-hybridized carbons (Fsp3) is 0.263. The molecule has 4 nitrogen and oxygen atoms in total. The van der Waals surface area contributed by atoms with Gasteiger partial charge in [0.2, 0.25) is 0 Å². The van der Waals surface area contributed by atoms with Crippen molar-refractivity contribution in [1.82, 2.24) is 4.90 Å². The van der Waals surface area contributed by atoms with Crippen molar-refractivity contribution in [2.24, 2.45) is 5.92 Å². The zero-order chi connectivity index (χ0) is 17.1. The molecule has 1 atom stereocenters. The summed E-state index contributed by atoms with van der Waals surface area (Å²) in [6.07, 6.45) is 1.63. The number of aromatic hydroxyl groups is 1. The Morgan fingerprint density at radius 2 is 2.12 bits per heavy atom. The average molecular weight is 324 g/mol. The molecule has 5 heteroatoms. The van der Waals surface area contributed by atoms with E-state index in [9.17, 15) is 14.3 Å². The number of nitriles is 1. The van der Waals surface area contributed by atoms with Gasteiger partial charge in [0.15, 0.2) is 0 Å². The highest BCUT2D eigenvalue weighted by Crippen LogP contribution is 2.30. The standard InChI is InChI=1S/C19H17FN2O2/c20-16-6-7-18(23)17(10-16)14-4-1-5-15(9-14)19(24)22-8-2-3-13(11-21)12-22/h1,4-7,9-10,13,23H,2-3,8,12H2.